The van der Waals surface area contributed by atoms with Crippen molar-refractivity contribution >= 4 is 5.71 Å². The molecule has 0 amide bonds. The number of alkyl halides is 1. The average molecular weight is 337 g/mol. The number of halogens is 2. The van der Waals surface area contributed by atoms with Gasteiger partial charge in [0.1, 0.15) is 12.0 Å². The maximum Gasteiger partial charge on any atom is 0.134 e. The average Bonchev–Trinajstić information content (AvgIpc) is 2.58. The number of rotatable bonds is 1. The van der Waals surface area contributed by atoms with Crippen molar-refractivity contribution in [3.63, 3.8) is 0 Å². The van der Waals surface area contributed by atoms with Gasteiger partial charge >= 0.3 is 0 Å². The lowest BCUT2D eigenvalue weighted by molar-refractivity contribution is 0.275. The number of allylic oxidation sites excluding steroid dienone is 7. The Kier molecular flexibility index (Phi) is 3.82. The van der Waals surface area contributed by atoms with Gasteiger partial charge in [0.15, 0.2) is 0 Å². The lowest BCUT2D eigenvalue weighted by atomic mass is 9.73. The highest BCUT2D eigenvalue weighted by Gasteiger charge is 2.37. The zero-order valence-electron chi connectivity index (χ0n) is 14.7. The van der Waals surface area contributed by atoms with Crippen LogP contribution in [-0.4, -0.2) is 11.9 Å². The summed E-state index contributed by atoms with van der Waals surface area (Å²) in [6.45, 7) is 5.74. The maximum absolute atomic E-state index is 14.6. The van der Waals surface area contributed by atoms with Crippen LogP contribution < -0.4 is 0 Å². The van der Waals surface area contributed by atoms with Gasteiger partial charge in [-0.3, -0.25) is 4.99 Å². The first-order valence-electron chi connectivity index (χ1n) is 8.74. The lowest BCUT2D eigenvalue weighted by Crippen LogP contribution is -2.29. The van der Waals surface area contributed by atoms with Crippen LogP contribution in [0.3, 0.4) is 0 Å². The minimum absolute atomic E-state index is 0.0506. The fourth-order valence-corrected chi connectivity index (χ4v) is 4.09. The molecule has 2 aliphatic carbocycles. The minimum atomic E-state index is -1.27. The van der Waals surface area contributed by atoms with E-state index in [0.29, 0.717) is 17.6 Å². The van der Waals surface area contributed by atoms with Crippen LogP contribution in [0.25, 0.3) is 0 Å². The Morgan fingerprint density at radius 2 is 1.84 bits per heavy atom. The quantitative estimate of drug-likeness (QED) is 0.623. The van der Waals surface area contributed by atoms with Crippen LogP contribution in [0.1, 0.15) is 30.0 Å². The third-order valence-corrected chi connectivity index (χ3v) is 5.34. The summed E-state index contributed by atoms with van der Waals surface area (Å²) in [6, 6.07) is 6.39. The Bertz CT molecular complexity index is 878. The molecule has 0 radical (unpaired) electrons. The van der Waals surface area contributed by atoms with E-state index >= 15 is 0 Å². The molecule has 1 aromatic carbocycles. The summed E-state index contributed by atoms with van der Waals surface area (Å²) in [5.41, 5.74) is 6.76. The maximum atomic E-state index is 14.6. The Balaban J connectivity index is 1.82. The molecular weight excluding hydrogens is 316 g/mol. The van der Waals surface area contributed by atoms with Crippen LogP contribution >= 0.6 is 0 Å². The standard InChI is InChI=1S/C22H21F2N/c1-12-8-13(2)10-15(9-12)22-18-5-4-17-19(16(18)6-7-25-22)11-20(23)14(3)21(17)24/h4,6-11,14,18,21H,5H2,1-3H3. The number of aryl methyl sites for hydroxylation is 2. The zero-order chi connectivity index (χ0) is 17.7. The zero-order valence-corrected chi connectivity index (χ0v) is 14.7. The number of benzene rings is 1. The molecule has 25 heavy (non-hydrogen) atoms. The number of fused-ring (bicyclic) bond motifs is 2. The van der Waals surface area contributed by atoms with Crippen molar-refractivity contribution in [2.45, 2.75) is 33.4 Å². The Labute approximate surface area is 147 Å². The normalized spacial score (nSPS) is 28.0. The molecule has 0 N–H and O–H groups in total. The van der Waals surface area contributed by atoms with E-state index in [2.05, 4.69) is 37.0 Å². The summed E-state index contributed by atoms with van der Waals surface area (Å²) in [7, 11) is 0. The highest BCUT2D eigenvalue weighted by atomic mass is 19.1. The van der Waals surface area contributed by atoms with E-state index in [9.17, 15) is 8.78 Å². The van der Waals surface area contributed by atoms with Gasteiger partial charge in [-0.15, -0.1) is 0 Å². The van der Waals surface area contributed by atoms with Gasteiger partial charge < -0.3 is 0 Å². The molecule has 0 spiro atoms. The highest BCUT2D eigenvalue weighted by molar-refractivity contribution is 6.06. The SMILES string of the molecule is Cc1cc(C)cc(C2=NC=CC3=C4C=C(F)C(C)C(F)C4=CCC23)c1. The molecule has 3 atom stereocenters. The van der Waals surface area contributed by atoms with Crippen molar-refractivity contribution in [2.75, 3.05) is 0 Å². The summed E-state index contributed by atoms with van der Waals surface area (Å²) in [6.07, 6.45) is 6.54. The van der Waals surface area contributed by atoms with Crippen molar-refractivity contribution in [3.8, 4) is 0 Å². The predicted octanol–water partition coefficient (Wildman–Crippen LogP) is 5.70. The fraction of sp³-hybridized carbons (Fsp3) is 0.318. The van der Waals surface area contributed by atoms with Gasteiger partial charge in [-0.2, -0.15) is 0 Å². The molecule has 4 rings (SSSR count). The van der Waals surface area contributed by atoms with Gasteiger partial charge in [0, 0.05) is 18.0 Å². The third-order valence-electron chi connectivity index (χ3n) is 5.34. The van der Waals surface area contributed by atoms with Crippen LogP contribution in [0, 0.1) is 25.7 Å². The first-order valence-corrected chi connectivity index (χ1v) is 8.74. The van der Waals surface area contributed by atoms with Crippen molar-refractivity contribution in [1.29, 1.82) is 0 Å². The summed E-state index contributed by atoms with van der Waals surface area (Å²) in [4.78, 5) is 4.62. The molecule has 0 fully saturated rings. The molecule has 0 aromatic heterocycles. The molecule has 0 bridgehead atoms. The largest absolute Gasteiger partial charge is 0.260 e. The third kappa shape index (κ3) is 2.62. The molecule has 0 saturated carbocycles. The van der Waals surface area contributed by atoms with E-state index in [1.807, 2.05) is 12.2 Å². The summed E-state index contributed by atoms with van der Waals surface area (Å²) in [5, 5.41) is 0. The van der Waals surface area contributed by atoms with Crippen LogP contribution in [0.2, 0.25) is 0 Å². The number of nitrogens with zero attached hydrogens (tertiary/aromatic N) is 1. The molecular formula is C22H21F2N. The number of hydrogen-bond donors (Lipinski definition) is 0. The van der Waals surface area contributed by atoms with E-state index in [0.717, 1.165) is 16.8 Å². The van der Waals surface area contributed by atoms with Gasteiger partial charge in [-0.25, -0.2) is 8.78 Å². The Morgan fingerprint density at radius 3 is 2.56 bits per heavy atom. The molecule has 3 unspecified atom stereocenters. The van der Waals surface area contributed by atoms with Crippen molar-refractivity contribution in [1.82, 2.24) is 0 Å². The molecule has 1 nitrogen and oxygen atoms in total. The lowest BCUT2D eigenvalue weighted by Gasteiger charge is -2.34. The summed E-state index contributed by atoms with van der Waals surface area (Å²) in [5.74, 6) is -1.03. The molecule has 1 aliphatic heterocycles. The van der Waals surface area contributed by atoms with E-state index in [-0.39, 0.29) is 11.7 Å². The van der Waals surface area contributed by atoms with Crippen molar-refractivity contribution in [2.24, 2.45) is 16.8 Å². The highest BCUT2D eigenvalue weighted by Crippen LogP contribution is 2.44. The second kappa shape index (κ2) is 5.91. The predicted molar refractivity (Wildman–Crippen MR) is 98.1 cm³/mol. The van der Waals surface area contributed by atoms with E-state index < -0.39 is 12.1 Å². The summed E-state index contributed by atoms with van der Waals surface area (Å²) >= 11 is 0. The first kappa shape index (κ1) is 16.2. The minimum Gasteiger partial charge on any atom is -0.260 e. The van der Waals surface area contributed by atoms with E-state index in [1.165, 1.54) is 17.2 Å². The number of hydrogen-bond acceptors (Lipinski definition) is 1. The van der Waals surface area contributed by atoms with Crippen LogP contribution in [0.5, 0.6) is 0 Å². The molecule has 3 aliphatic rings. The first-order chi connectivity index (χ1) is 12.0. The van der Waals surface area contributed by atoms with Gasteiger partial charge in [-0.05, 0) is 54.7 Å². The van der Waals surface area contributed by atoms with Gasteiger partial charge in [0.05, 0.1) is 5.71 Å². The second-order valence-electron chi connectivity index (χ2n) is 7.24. The van der Waals surface area contributed by atoms with Gasteiger partial charge in [0.2, 0.25) is 0 Å². The van der Waals surface area contributed by atoms with Gasteiger partial charge in [-0.1, -0.05) is 42.3 Å². The van der Waals surface area contributed by atoms with Crippen molar-refractivity contribution in [3.05, 3.63) is 81.9 Å². The van der Waals surface area contributed by atoms with E-state index in [4.69, 9.17) is 0 Å². The second-order valence-corrected chi connectivity index (χ2v) is 7.24. The smallest absolute Gasteiger partial charge is 0.134 e. The fourth-order valence-electron chi connectivity index (χ4n) is 4.09. The van der Waals surface area contributed by atoms with Crippen LogP contribution in [0.15, 0.2) is 70.2 Å². The molecule has 1 aromatic rings. The topological polar surface area (TPSA) is 12.4 Å². The molecule has 0 saturated heterocycles. The van der Waals surface area contributed by atoms with Gasteiger partial charge in [0.25, 0.3) is 0 Å². The summed E-state index contributed by atoms with van der Waals surface area (Å²) < 4.78 is 28.8. The molecule has 1 heterocycles. The van der Waals surface area contributed by atoms with Crippen LogP contribution in [-0.2, 0) is 0 Å². The Hall–Kier alpha value is -2.29. The number of aliphatic imine (C=N–C) groups is 1. The monoisotopic (exact) mass is 337 g/mol. The van der Waals surface area contributed by atoms with Crippen molar-refractivity contribution < 1.29 is 8.78 Å². The Morgan fingerprint density at radius 1 is 1.12 bits per heavy atom. The van der Waals surface area contributed by atoms with E-state index in [1.54, 1.807) is 13.1 Å². The van der Waals surface area contributed by atoms with Crippen LogP contribution in [0.4, 0.5) is 8.78 Å². The molecule has 128 valence electrons. The molecule has 3 heteroatoms.